The zero-order chi connectivity index (χ0) is 16.0. The van der Waals surface area contributed by atoms with Crippen molar-refractivity contribution in [2.75, 3.05) is 23.6 Å². The van der Waals surface area contributed by atoms with Crippen LogP contribution in [0.2, 0.25) is 0 Å². The number of carboxylic acids is 1. The third-order valence-corrected chi connectivity index (χ3v) is 4.00. The molecule has 0 fully saturated rings. The molecule has 21 heavy (non-hydrogen) atoms. The van der Waals surface area contributed by atoms with Gasteiger partial charge in [0, 0.05) is 31.9 Å². The van der Waals surface area contributed by atoms with Crippen molar-refractivity contribution in [3.05, 3.63) is 24.3 Å². The van der Waals surface area contributed by atoms with Gasteiger partial charge in [0.2, 0.25) is 5.91 Å². The fourth-order valence-corrected chi connectivity index (χ4v) is 2.35. The van der Waals surface area contributed by atoms with E-state index in [0.717, 1.165) is 4.31 Å². The standard InChI is InChI=1S/C12H17N3O5S/c1-9(16)13-10-3-5-11(6-4-10)14-21(19,20)15(2)8-7-12(17)18/h3-6,14H,7-8H2,1-2H3,(H,13,16)(H,17,18). The molecule has 1 rings (SSSR count). The van der Waals surface area contributed by atoms with Crippen molar-refractivity contribution in [3.63, 3.8) is 0 Å². The number of nitrogens with zero attached hydrogens (tertiary/aromatic N) is 1. The van der Waals surface area contributed by atoms with Crippen LogP contribution in [0.15, 0.2) is 24.3 Å². The average molecular weight is 315 g/mol. The summed E-state index contributed by atoms with van der Waals surface area (Å²) in [5.74, 6) is -1.30. The molecule has 0 bridgehead atoms. The lowest BCUT2D eigenvalue weighted by Crippen LogP contribution is -2.34. The van der Waals surface area contributed by atoms with Gasteiger partial charge in [0.15, 0.2) is 0 Å². The number of benzene rings is 1. The van der Waals surface area contributed by atoms with E-state index in [9.17, 15) is 18.0 Å². The van der Waals surface area contributed by atoms with E-state index in [2.05, 4.69) is 10.0 Å². The molecule has 0 aliphatic rings. The Morgan fingerprint density at radius 1 is 1.19 bits per heavy atom. The molecule has 3 N–H and O–H groups in total. The first-order chi connectivity index (χ1) is 9.70. The summed E-state index contributed by atoms with van der Waals surface area (Å²) in [5.41, 5.74) is 0.857. The van der Waals surface area contributed by atoms with Crippen molar-refractivity contribution < 1.29 is 23.1 Å². The molecule has 0 heterocycles. The van der Waals surface area contributed by atoms with Gasteiger partial charge in [0.25, 0.3) is 0 Å². The fraction of sp³-hybridized carbons (Fsp3) is 0.333. The topological polar surface area (TPSA) is 116 Å². The van der Waals surface area contributed by atoms with Crippen LogP contribution in [0, 0.1) is 0 Å². The van der Waals surface area contributed by atoms with E-state index in [1.54, 1.807) is 12.1 Å². The van der Waals surface area contributed by atoms with Crippen LogP contribution in [0.3, 0.4) is 0 Å². The minimum atomic E-state index is -3.81. The van der Waals surface area contributed by atoms with Crippen molar-refractivity contribution in [2.24, 2.45) is 0 Å². The van der Waals surface area contributed by atoms with Gasteiger partial charge in [-0.3, -0.25) is 14.3 Å². The number of carbonyl (C=O) groups is 2. The third-order valence-electron chi connectivity index (χ3n) is 2.50. The predicted molar refractivity (Wildman–Crippen MR) is 78.2 cm³/mol. The number of amides is 1. The Bertz CT molecular complexity index is 612. The highest BCUT2D eigenvalue weighted by Crippen LogP contribution is 2.15. The molecule has 1 aromatic rings. The van der Waals surface area contributed by atoms with Gasteiger partial charge in [-0.1, -0.05) is 0 Å². The number of rotatable bonds is 7. The van der Waals surface area contributed by atoms with Crippen molar-refractivity contribution in [3.8, 4) is 0 Å². The first kappa shape index (κ1) is 16.9. The van der Waals surface area contributed by atoms with Crippen LogP contribution >= 0.6 is 0 Å². The molecule has 0 unspecified atom stereocenters. The number of hydrogen-bond acceptors (Lipinski definition) is 4. The number of hydrogen-bond donors (Lipinski definition) is 3. The van der Waals surface area contributed by atoms with E-state index in [1.165, 1.54) is 26.1 Å². The summed E-state index contributed by atoms with van der Waals surface area (Å²) in [6.07, 6.45) is -0.279. The van der Waals surface area contributed by atoms with Crippen LogP contribution < -0.4 is 10.0 Å². The zero-order valence-corrected chi connectivity index (χ0v) is 12.5. The van der Waals surface area contributed by atoms with Crippen molar-refractivity contribution >= 4 is 33.5 Å². The van der Waals surface area contributed by atoms with Gasteiger partial charge in [-0.2, -0.15) is 12.7 Å². The molecule has 1 amide bonds. The lowest BCUT2D eigenvalue weighted by Gasteiger charge is -2.17. The van der Waals surface area contributed by atoms with Crippen LogP contribution in [0.4, 0.5) is 11.4 Å². The van der Waals surface area contributed by atoms with Crippen molar-refractivity contribution in [2.45, 2.75) is 13.3 Å². The van der Waals surface area contributed by atoms with Crippen molar-refractivity contribution in [1.29, 1.82) is 0 Å². The van der Waals surface area contributed by atoms with Gasteiger partial charge in [-0.05, 0) is 24.3 Å². The number of aliphatic carboxylic acids is 1. The Kier molecular flexibility index (Phi) is 5.68. The Morgan fingerprint density at radius 2 is 1.71 bits per heavy atom. The van der Waals surface area contributed by atoms with Crippen LogP contribution in [0.1, 0.15) is 13.3 Å². The maximum Gasteiger partial charge on any atom is 0.304 e. The highest BCUT2D eigenvalue weighted by Gasteiger charge is 2.18. The van der Waals surface area contributed by atoms with Crippen LogP contribution in [0.25, 0.3) is 0 Å². The molecule has 0 aromatic heterocycles. The molecule has 1 aromatic carbocycles. The molecule has 0 radical (unpaired) electrons. The van der Waals surface area contributed by atoms with Gasteiger partial charge >= 0.3 is 16.2 Å². The van der Waals surface area contributed by atoms with Crippen molar-refractivity contribution in [1.82, 2.24) is 4.31 Å². The second-order valence-corrected chi connectivity index (χ2v) is 6.11. The first-order valence-corrected chi connectivity index (χ1v) is 7.48. The quantitative estimate of drug-likeness (QED) is 0.685. The Morgan fingerprint density at radius 3 is 2.19 bits per heavy atom. The largest absolute Gasteiger partial charge is 0.481 e. The fourth-order valence-electron chi connectivity index (χ4n) is 1.42. The summed E-state index contributed by atoms with van der Waals surface area (Å²) in [5, 5.41) is 11.1. The summed E-state index contributed by atoms with van der Waals surface area (Å²) in [7, 11) is -2.52. The Labute approximate surface area is 122 Å². The zero-order valence-electron chi connectivity index (χ0n) is 11.7. The minimum Gasteiger partial charge on any atom is -0.481 e. The molecule has 116 valence electrons. The SMILES string of the molecule is CC(=O)Nc1ccc(NS(=O)(=O)N(C)CCC(=O)O)cc1. The van der Waals surface area contributed by atoms with Gasteiger partial charge in [-0.15, -0.1) is 0 Å². The van der Waals surface area contributed by atoms with Gasteiger partial charge in [0.05, 0.1) is 6.42 Å². The highest BCUT2D eigenvalue weighted by molar-refractivity contribution is 7.90. The summed E-state index contributed by atoms with van der Waals surface area (Å²) in [6.45, 7) is 1.24. The predicted octanol–water partition coefficient (Wildman–Crippen LogP) is 0.708. The summed E-state index contributed by atoms with van der Waals surface area (Å²) < 4.78 is 27.1. The highest BCUT2D eigenvalue weighted by atomic mass is 32.2. The summed E-state index contributed by atoms with van der Waals surface area (Å²) in [4.78, 5) is 21.3. The molecular formula is C12H17N3O5S. The molecule has 0 atom stereocenters. The maximum absolute atomic E-state index is 11.9. The first-order valence-electron chi connectivity index (χ1n) is 6.04. The molecule has 0 saturated carbocycles. The van der Waals surface area contributed by atoms with Gasteiger partial charge in [-0.25, -0.2) is 0 Å². The number of anilines is 2. The summed E-state index contributed by atoms with van der Waals surface area (Å²) >= 11 is 0. The molecule has 8 nitrogen and oxygen atoms in total. The lowest BCUT2D eigenvalue weighted by molar-refractivity contribution is -0.137. The Balaban J connectivity index is 2.70. The second-order valence-electron chi connectivity index (χ2n) is 4.33. The van der Waals surface area contributed by atoms with Gasteiger partial charge < -0.3 is 10.4 Å². The molecular weight excluding hydrogens is 298 g/mol. The minimum absolute atomic E-state index is 0.130. The molecule has 0 saturated heterocycles. The van der Waals surface area contributed by atoms with E-state index in [1.807, 2.05) is 0 Å². The third kappa shape index (κ3) is 5.79. The van der Waals surface area contributed by atoms with E-state index < -0.39 is 16.2 Å². The molecule has 0 spiro atoms. The van der Waals surface area contributed by atoms with Crippen LogP contribution in [0.5, 0.6) is 0 Å². The number of nitrogens with one attached hydrogen (secondary N) is 2. The smallest absolute Gasteiger partial charge is 0.304 e. The average Bonchev–Trinajstić information content (AvgIpc) is 2.37. The van der Waals surface area contributed by atoms with Crippen LogP contribution in [-0.4, -0.2) is 43.3 Å². The van der Waals surface area contributed by atoms with E-state index in [-0.39, 0.29) is 18.9 Å². The normalized spacial score (nSPS) is 11.2. The summed E-state index contributed by atoms with van der Waals surface area (Å²) in [6, 6.07) is 6.09. The van der Waals surface area contributed by atoms with E-state index in [4.69, 9.17) is 5.11 Å². The molecule has 0 aliphatic carbocycles. The molecule has 0 aliphatic heterocycles. The van der Waals surface area contributed by atoms with E-state index in [0.29, 0.717) is 11.4 Å². The number of carboxylic acid groups (broad SMARTS) is 1. The molecule has 9 heteroatoms. The monoisotopic (exact) mass is 315 g/mol. The second kappa shape index (κ2) is 7.04. The lowest BCUT2D eigenvalue weighted by atomic mass is 10.3. The maximum atomic E-state index is 11.9. The Hall–Kier alpha value is -2.13. The van der Waals surface area contributed by atoms with Gasteiger partial charge in [0.1, 0.15) is 0 Å². The van der Waals surface area contributed by atoms with E-state index >= 15 is 0 Å². The van der Waals surface area contributed by atoms with Crippen LogP contribution in [-0.2, 0) is 19.8 Å². The number of carbonyl (C=O) groups excluding carboxylic acids is 1.